The van der Waals surface area contributed by atoms with E-state index in [-0.39, 0.29) is 0 Å². The molecule has 0 saturated carbocycles. The van der Waals surface area contributed by atoms with Crippen molar-refractivity contribution in [1.29, 1.82) is 0 Å². The maximum atomic E-state index is 5.66. The average Bonchev–Trinajstić information content (AvgIpc) is 3.29. The van der Waals surface area contributed by atoms with Crippen LogP contribution < -0.4 is 10.1 Å². The van der Waals surface area contributed by atoms with E-state index in [9.17, 15) is 0 Å². The fourth-order valence-electron chi connectivity index (χ4n) is 2.26. The fraction of sp³-hybridized carbons (Fsp3) is 0.167. The Labute approximate surface area is 155 Å². The van der Waals surface area contributed by atoms with Crippen molar-refractivity contribution in [3.05, 3.63) is 69.0 Å². The zero-order valence-electron chi connectivity index (χ0n) is 13.3. The van der Waals surface area contributed by atoms with Crippen LogP contribution >= 0.6 is 34.9 Å². The summed E-state index contributed by atoms with van der Waals surface area (Å²) in [6, 6.07) is 16.2. The van der Waals surface area contributed by atoms with E-state index in [1.54, 1.807) is 29.8 Å². The molecular formula is C18H18N2OS3. The highest BCUT2D eigenvalue weighted by Gasteiger charge is 2.13. The summed E-state index contributed by atoms with van der Waals surface area (Å²) < 4.78 is 5.19. The van der Waals surface area contributed by atoms with Crippen LogP contribution in [-0.2, 0) is 13.1 Å². The van der Waals surface area contributed by atoms with Crippen molar-refractivity contribution in [1.82, 2.24) is 4.90 Å². The van der Waals surface area contributed by atoms with E-state index in [4.69, 9.17) is 17.0 Å². The smallest absolute Gasteiger partial charge is 0.174 e. The highest BCUT2D eigenvalue weighted by atomic mass is 32.1. The first-order chi connectivity index (χ1) is 11.7. The Hall–Kier alpha value is -1.89. The maximum absolute atomic E-state index is 5.66. The third-order valence-corrected chi connectivity index (χ3v) is 5.56. The largest absolute Gasteiger partial charge is 0.497 e. The van der Waals surface area contributed by atoms with Crippen LogP contribution in [0.4, 0.5) is 5.69 Å². The van der Waals surface area contributed by atoms with Gasteiger partial charge in [-0.1, -0.05) is 12.1 Å². The Morgan fingerprint density at radius 2 is 1.58 bits per heavy atom. The number of hydrogen-bond acceptors (Lipinski definition) is 4. The van der Waals surface area contributed by atoms with Crippen LogP contribution in [0, 0.1) is 0 Å². The Balaban J connectivity index is 1.71. The van der Waals surface area contributed by atoms with Crippen molar-refractivity contribution in [2.24, 2.45) is 0 Å². The van der Waals surface area contributed by atoms with Gasteiger partial charge in [-0.15, -0.1) is 22.7 Å². The highest BCUT2D eigenvalue weighted by Crippen LogP contribution is 2.20. The van der Waals surface area contributed by atoms with Crippen molar-refractivity contribution >= 4 is 45.7 Å². The predicted octanol–water partition coefficient (Wildman–Crippen LogP) is 5.22. The Bertz CT molecular complexity index is 716. The van der Waals surface area contributed by atoms with Crippen LogP contribution in [0.15, 0.2) is 59.3 Å². The van der Waals surface area contributed by atoms with Crippen LogP contribution in [0.2, 0.25) is 0 Å². The quantitative estimate of drug-likeness (QED) is 0.598. The molecule has 0 fully saturated rings. The number of benzene rings is 1. The maximum Gasteiger partial charge on any atom is 0.174 e. The molecule has 0 aliphatic carbocycles. The topological polar surface area (TPSA) is 24.5 Å². The first-order valence-corrected chi connectivity index (χ1v) is 9.66. The lowest BCUT2D eigenvalue weighted by Crippen LogP contribution is -2.33. The molecule has 124 valence electrons. The second-order valence-electron chi connectivity index (χ2n) is 5.17. The molecule has 24 heavy (non-hydrogen) atoms. The minimum atomic E-state index is 0.724. The molecule has 2 heterocycles. The summed E-state index contributed by atoms with van der Waals surface area (Å²) >= 11 is 9.16. The molecule has 2 aromatic heterocycles. The molecule has 0 radical (unpaired) electrons. The molecule has 1 aromatic carbocycles. The van der Waals surface area contributed by atoms with Gasteiger partial charge in [-0.25, -0.2) is 0 Å². The summed E-state index contributed by atoms with van der Waals surface area (Å²) in [5.74, 6) is 0.834. The molecule has 3 nitrogen and oxygen atoms in total. The van der Waals surface area contributed by atoms with Gasteiger partial charge in [0.05, 0.1) is 20.2 Å². The van der Waals surface area contributed by atoms with Gasteiger partial charge in [-0.3, -0.25) is 0 Å². The molecule has 0 atom stereocenters. The fourth-order valence-corrected chi connectivity index (χ4v) is 3.94. The number of nitrogens with zero attached hydrogens (tertiary/aromatic N) is 1. The molecular weight excluding hydrogens is 356 g/mol. The lowest BCUT2D eigenvalue weighted by atomic mass is 10.3. The number of rotatable bonds is 6. The normalized spacial score (nSPS) is 10.4. The van der Waals surface area contributed by atoms with Crippen LogP contribution in [0.1, 0.15) is 9.75 Å². The van der Waals surface area contributed by atoms with Crippen molar-refractivity contribution in [3.8, 4) is 5.75 Å². The molecule has 0 aliphatic rings. The Morgan fingerprint density at radius 1 is 1.00 bits per heavy atom. The van der Waals surface area contributed by atoms with E-state index in [1.165, 1.54) is 9.75 Å². The molecule has 0 amide bonds. The second-order valence-corrected chi connectivity index (χ2v) is 7.62. The Kier molecular flexibility index (Phi) is 5.85. The number of ether oxygens (including phenoxy) is 1. The lowest BCUT2D eigenvalue weighted by molar-refractivity contribution is 0.414. The molecule has 0 aliphatic heterocycles. The van der Waals surface area contributed by atoms with E-state index in [0.29, 0.717) is 0 Å². The molecule has 3 rings (SSSR count). The predicted molar refractivity (Wildman–Crippen MR) is 107 cm³/mol. The SMILES string of the molecule is COc1ccc(NC(=S)N(Cc2cccs2)Cc2cccs2)cc1. The minimum absolute atomic E-state index is 0.724. The van der Waals surface area contributed by atoms with Gasteiger partial charge in [0, 0.05) is 15.4 Å². The number of anilines is 1. The van der Waals surface area contributed by atoms with E-state index in [1.807, 2.05) is 24.3 Å². The summed E-state index contributed by atoms with van der Waals surface area (Å²) in [6.07, 6.45) is 0. The van der Waals surface area contributed by atoms with Gasteiger partial charge in [0.15, 0.2) is 5.11 Å². The van der Waals surface area contributed by atoms with Crippen LogP contribution in [0.5, 0.6) is 5.75 Å². The average molecular weight is 375 g/mol. The van der Waals surface area contributed by atoms with Crippen molar-refractivity contribution in [2.75, 3.05) is 12.4 Å². The van der Waals surface area contributed by atoms with Crippen LogP contribution in [-0.4, -0.2) is 17.1 Å². The van der Waals surface area contributed by atoms with Crippen LogP contribution in [0.25, 0.3) is 0 Å². The number of hydrogen-bond donors (Lipinski definition) is 1. The zero-order chi connectivity index (χ0) is 16.8. The van der Waals surface area contributed by atoms with Gasteiger partial charge in [-0.05, 0) is 59.4 Å². The number of thiocarbonyl (C=S) groups is 1. The number of thiophene rings is 2. The van der Waals surface area contributed by atoms with E-state index < -0.39 is 0 Å². The summed E-state index contributed by atoms with van der Waals surface area (Å²) in [5, 5.41) is 8.24. The van der Waals surface area contributed by atoms with Gasteiger partial charge >= 0.3 is 0 Å². The molecule has 0 bridgehead atoms. The third-order valence-electron chi connectivity index (χ3n) is 3.48. The molecule has 0 unspecified atom stereocenters. The Morgan fingerprint density at radius 3 is 2.04 bits per heavy atom. The molecule has 3 aromatic rings. The van der Waals surface area contributed by atoms with Gasteiger partial charge in [0.1, 0.15) is 5.75 Å². The standard InChI is InChI=1S/C18H18N2OS3/c1-21-15-8-6-14(7-9-15)19-18(22)20(12-16-4-2-10-23-16)13-17-5-3-11-24-17/h2-11H,12-13H2,1H3,(H,19,22). The number of nitrogens with one attached hydrogen (secondary N) is 1. The van der Waals surface area contributed by atoms with E-state index in [2.05, 4.69) is 45.2 Å². The highest BCUT2D eigenvalue weighted by molar-refractivity contribution is 7.80. The summed E-state index contributed by atoms with van der Waals surface area (Å²) in [4.78, 5) is 4.79. The summed E-state index contributed by atoms with van der Waals surface area (Å²) in [7, 11) is 1.66. The summed E-state index contributed by atoms with van der Waals surface area (Å²) in [6.45, 7) is 1.61. The monoisotopic (exact) mass is 374 g/mol. The first-order valence-electron chi connectivity index (χ1n) is 7.49. The lowest BCUT2D eigenvalue weighted by Gasteiger charge is -2.25. The number of methoxy groups -OCH3 is 1. The van der Waals surface area contributed by atoms with Crippen molar-refractivity contribution < 1.29 is 4.74 Å². The molecule has 6 heteroatoms. The second kappa shape index (κ2) is 8.28. The minimum Gasteiger partial charge on any atom is -0.497 e. The van der Waals surface area contributed by atoms with E-state index >= 15 is 0 Å². The first kappa shape index (κ1) is 17.0. The molecule has 0 saturated heterocycles. The van der Waals surface area contributed by atoms with Crippen molar-refractivity contribution in [3.63, 3.8) is 0 Å². The summed E-state index contributed by atoms with van der Waals surface area (Å²) in [5.41, 5.74) is 0.961. The van der Waals surface area contributed by atoms with E-state index in [0.717, 1.165) is 29.6 Å². The van der Waals surface area contributed by atoms with Gasteiger partial charge in [0.25, 0.3) is 0 Å². The van der Waals surface area contributed by atoms with Crippen molar-refractivity contribution in [2.45, 2.75) is 13.1 Å². The van der Waals surface area contributed by atoms with Gasteiger partial charge in [0.2, 0.25) is 0 Å². The molecule has 1 N–H and O–H groups in total. The third kappa shape index (κ3) is 4.56. The van der Waals surface area contributed by atoms with Gasteiger partial charge in [-0.2, -0.15) is 0 Å². The zero-order valence-corrected chi connectivity index (χ0v) is 15.7. The van der Waals surface area contributed by atoms with Crippen LogP contribution in [0.3, 0.4) is 0 Å². The van der Waals surface area contributed by atoms with Gasteiger partial charge < -0.3 is 15.0 Å². The molecule has 0 spiro atoms.